The van der Waals surface area contributed by atoms with Crippen molar-refractivity contribution in [3.8, 4) is 0 Å². The number of nitrogens with zero attached hydrogens (tertiary/aromatic N) is 2. The van der Waals surface area contributed by atoms with Gasteiger partial charge >= 0.3 is 6.09 Å². The number of hydrogen-bond donors (Lipinski definition) is 1. The lowest BCUT2D eigenvalue weighted by molar-refractivity contribution is 0.0507. The van der Waals surface area contributed by atoms with E-state index in [4.69, 9.17) is 16.3 Å². The fraction of sp³-hybridized carbons (Fsp3) is 0.571. The van der Waals surface area contributed by atoms with Crippen molar-refractivity contribution < 1.29 is 17.9 Å². The standard InChI is InChI=1S/C14H20ClN3O4S/c1-14(2,3)22-13(19)17-10-6-7-18(9-10)23(20,21)11-4-5-12(15)16-8-11/h4-5,8,10H,6-7,9H2,1-3H3,(H,17,19)/t10-/m1/s1. The fourth-order valence-corrected chi connectivity index (χ4v) is 3.76. The van der Waals surface area contributed by atoms with Crippen molar-refractivity contribution in [2.45, 2.75) is 43.7 Å². The van der Waals surface area contributed by atoms with Crippen LogP contribution in [0.25, 0.3) is 0 Å². The predicted molar refractivity (Wildman–Crippen MR) is 85.8 cm³/mol. The molecule has 2 rings (SSSR count). The highest BCUT2D eigenvalue weighted by Gasteiger charge is 2.34. The van der Waals surface area contributed by atoms with Gasteiger partial charge in [0.1, 0.15) is 15.6 Å². The van der Waals surface area contributed by atoms with Gasteiger partial charge in [-0.2, -0.15) is 4.31 Å². The van der Waals surface area contributed by atoms with E-state index >= 15 is 0 Å². The van der Waals surface area contributed by atoms with Crippen molar-refractivity contribution in [1.82, 2.24) is 14.6 Å². The molecule has 128 valence electrons. The Morgan fingerprint density at radius 1 is 1.43 bits per heavy atom. The van der Waals surface area contributed by atoms with Crippen molar-refractivity contribution in [3.05, 3.63) is 23.5 Å². The molecule has 0 saturated carbocycles. The molecule has 0 unspecified atom stereocenters. The molecule has 1 saturated heterocycles. The molecule has 1 aromatic rings. The van der Waals surface area contributed by atoms with Crippen molar-refractivity contribution in [3.63, 3.8) is 0 Å². The van der Waals surface area contributed by atoms with Crippen LogP contribution in [0.2, 0.25) is 5.15 Å². The van der Waals surface area contributed by atoms with Crippen LogP contribution in [-0.4, -0.2) is 48.5 Å². The van der Waals surface area contributed by atoms with Crippen LogP contribution < -0.4 is 5.32 Å². The van der Waals surface area contributed by atoms with Crippen LogP contribution in [0.5, 0.6) is 0 Å². The summed E-state index contributed by atoms with van der Waals surface area (Å²) in [5, 5.41) is 2.93. The van der Waals surface area contributed by atoms with E-state index in [0.29, 0.717) is 13.0 Å². The highest BCUT2D eigenvalue weighted by atomic mass is 35.5. The number of carbonyl (C=O) groups excluding carboxylic acids is 1. The van der Waals surface area contributed by atoms with Gasteiger partial charge in [0.15, 0.2) is 0 Å². The molecule has 1 aliphatic rings. The highest BCUT2D eigenvalue weighted by molar-refractivity contribution is 7.89. The van der Waals surface area contributed by atoms with Gasteiger partial charge in [0.05, 0.1) is 0 Å². The second-order valence-corrected chi connectivity index (χ2v) is 8.64. The first-order valence-corrected chi connectivity index (χ1v) is 9.01. The first kappa shape index (κ1) is 18.0. The van der Waals surface area contributed by atoms with Crippen LogP contribution >= 0.6 is 11.6 Å². The van der Waals surface area contributed by atoms with E-state index in [1.165, 1.54) is 22.6 Å². The number of rotatable bonds is 3. The number of hydrogen-bond acceptors (Lipinski definition) is 5. The van der Waals surface area contributed by atoms with Crippen molar-refractivity contribution in [1.29, 1.82) is 0 Å². The molecule has 9 heteroatoms. The molecular formula is C14H20ClN3O4S. The van der Waals surface area contributed by atoms with Gasteiger partial charge in [0.2, 0.25) is 10.0 Å². The number of pyridine rings is 1. The van der Waals surface area contributed by atoms with Gasteiger partial charge in [-0.15, -0.1) is 0 Å². The van der Waals surface area contributed by atoms with Gasteiger partial charge in [0.25, 0.3) is 0 Å². The SMILES string of the molecule is CC(C)(C)OC(=O)N[C@@H]1CCN(S(=O)(=O)c2ccc(Cl)nc2)C1. The van der Waals surface area contributed by atoms with Crippen molar-refractivity contribution in [2.75, 3.05) is 13.1 Å². The summed E-state index contributed by atoms with van der Waals surface area (Å²) in [4.78, 5) is 15.6. The Morgan fingerprint density at radius 3 is 2.70 bits per heavy atom. The smallest absolute Gasteiger partial charge is 0.407 e. The van der Waals surface area contributed by atoms with Gasteiger partial charge in [-0.3, -0.25) is 0 Å². The molecule has 0 spiro atoms. The van der Waals surface area contributed by atoms with Crippen LogP contribution in [0.1, 0.15) is 27.2 Å². The molecule has 0 aromatic carbocycles. The first-order valence-electron chi connectivity index (χ1n) is 7.19. The van der Waals surface area contributed by atoms with E-state index in [1.54, 1.807) is 20.8 Å². The molecule has 1 aromatic heterocycles. The van der Waals surface area contributed by atoms with E-state index in [2.05, 4.69) is 10.3 Å². The minimum absolute atomic E-state index is 0.0832. The molecule has 0 aliphatic carbocycles. The zero-order valence-electron chi connectivity index (χ0n) is 13.2. The van der Waals surface area contributed by atoms with Gasteiger partial charge in [-0.05, 0) is 39.3 Å². The minimum Gasteiger partial charge on any atom is -0.444 e. The quantitative estimate of drug-likeness (QED) is 0.832. The maximum Gasteiger partial charge on any atom is 0.407 e. The molecule has 1 atom stereocenters. The summed E-state index contributed by atoms with van der Waals surface area (Å²) < 4.78 is 31.5. The molecule has 23 heavy (non-hydrogen) atoms. The molecule has 7 nitrogen and oxygen atoms in total. The van der Waals surface area contributed by atoms with Crippen LogP contribution in [0, 0.1) is 0 Å². The van der Waals surface area contributed by atoms with E-state index in [0.717, 1.165) is 0 Å². The van der Waals surface area contributed by atoms with Crippen LogP contribution in [-0.2, 0) is 14.8 Å². The Morgan fingerprint density at radius 2 is 2.13 bits per heavy atom. The summed E-state index contributed by atoms with van der Waals surface area (Å²) in [5.74, 6) is 0. The molecular weight excluding hydrogens is 342 g/mol. The lowest BCUT2D eigenvalue weighted by Gasteiger charge is -2.22. The molecule has 1 amide bonds. The minimum atomic E-state index is -3.64. The van der Waals surface area contributed by atoms with Gasteiger partial charge in [-0.1, -0.05) is 11.6 Å². The number of aromatic nitrogens is 1. The lowest BCUT2D eigenvalue weighted by atomic mass is 10.2. The van der Waals surface area contributed by atoms with Crippen LogP contribution in [0.3, 0.4) is 0 Å². The predicted octanol–water partition coefficient (Wildman–Crippen LogP) is 2.02. The van der Waals surface area contributed by atoms with E-state index in [1.807, 2.05) is 0 Å². The molecule has 2 heterocycles. The Bertz CT molecular complexity index is 670. The van der Waals surface area contributed by atoms with Gasteiger partial charge in [-0.25, -0.2) is 18.2 Å². The summed E-state index contributed by atoms with van der Waals surface area (Å²) in [6, 6.07) is 2.57. The third-order valence-electron chi connectivity index (χ3n) is 3.21. The zero-order chi connectivity index (χ0) is 17.3. The Balaban J connectivity index is 1.99. The van der Waals surface area contributed by atoms with E-state index in [-0.39, 0.29) is 22.6 Å². The molecule has 0 radical (unpaired) electrons. The van der Waals surface area contributed by atoms with Gasteiger partial charge < -0.3 is 10.1 Å². The lowest BCUT2D eigenvalue weighted by Crippen LogP contribution is -2.41. The summed E-state index contributed by atoms with van der Waals surface area (Å²) in [6.07, 6.45) is 1.21. The van der Waals surface area contributed by atoms with Gasteiger partial charge in [0, 0.05) is 25.3 Å². The first-order chi connectivity index (χ1) is 10.6. The molecule has 1 N–H and O–H groups in total. The second kappa shape index (κ2) is 6.62. The zero-order valence-corrected chi connectivity index (χ0v) is 14.8. The third-order valence-corrected chi connectivity index (χ3v) is 5.28. The topological polar surface area (TPSA) is 88.6 Å². The largest absolute Gasteiger partial charge is 0.444 e. The number of alkyl carbamates (subject to hydrolysis) is 1. The molecule has 1 aliphatic heterocycles. The number of halogens is 1. The van der Waals surface area contributed by atoms with E-state index < -0.39 is 21.7 Å². The molecule has 1 fully saturated rings. The number of nitrogens with one attached hydrogen (secondary N) is 1. The normalized spacial score (nSPS) is 19.6. The van der Waals surface area contributed by atoms with Crippen LogP contribution in [0.15, 0.2) is 23.2 Å². The summed E-state index contributed by atoms with van der Waals surface area (Å²) in [5.41, 5.74) is -0.594. The monoisotopic (exact) mass is 361 g/mol. The third kappa shape index (κ3) is 4.79. The maximum atomic E-state index is 12.5. The van der Waals surface area contributed by atoms with E-state index in [9.17, 15) is 13.2 Å². The second-order valence-electron chi connectivity index (χ2n) is 6.31. The van der Waals surface area contributed by atoms with Crippen molar-refractivity contribution in [2.24, 2.45) is 0 Å². The summed E-state index contributed by atoms with van der Waals surface area (Å²) >= 11 is 5.67. The average molecular weight is 362 g/mol. The average Bonchev–Trinajstić information content (AvgIpc) is 2.86. The Labute approximate surface area is 141 Å². The maximum absolute atomic E-state index is 12.5. The number of sulfonamides is 1. The summed E-state index contributed by atoms with van der Waals surface area (Å²) in [6.45, 7) is 5.83. The highest BCUT2D eigenvalue weighted by Crippen LogP contribution is 2.21. The number of carbonyl (C=O) groups is 1. The van der Waals surface area contributed by atoms with Crippen LogP contribution in [0.4, 0.5) is 4.79 Å². The Kier molecular flexibility index (Phi) is 5.17. The number of amides is 1. The fourth-order valence-electron chi connectivity index (χ4n) is 2.20. The van der Waals surface area contributed by atoms with Crippen molar-refractivity contribution >= 4 is 27.7 Å². The number of ether oxygens (including phenoxy) is 1. The Hall–Kier alpha value is -1.38. The molecule has 0 bridgehead atoms. The summed E-state index contributed by atoms with van der Waals surface area (Å²) in [7, 11) is -3.64.